The quantitative estimate of drug-likeness (QED) is 0.825. The summed E-state index contributed by atoms with van der Waals surface area (Å²) in [5.41, 5.74) is 2.85. The molecular weight excluding hydrogens is 266 g/mol. The van der Waals surface area contributed by atoms with Crippen LogP contribution in [0.25, 0.3) is 0 Å². The SMILES string of the molecule is Brc1cccc2c1CCC2NC1=NCCN1. The van der Waals surface area contributed by atoms with E-state index in [9.17, 15) is 0 Å². The first-order chi connectivity index (χ1) is 7.84. The van der Waals surface area contributed by atoms with Gasteiger partial charge >= 0.3 is 0 Å². The van der Waals surface area contributed by atoms with Crippen molar-refractivity contribution in [1.82, 2.24) is 10.6 Å². The van der Waals surface area contributed by atoms with Crippen LogP contribution in [-0.2, 0) is 6.42 Å². The first-order valence-electron chi connectivity index (χ1n) is 5.67. The van der Waals surface area contributed by atoms with Gasteiger partial charge in [-0.1, -0.05) is 28.1 Å². The number of halogens is 1. The summed E-state index contributed by atoms with van der Waals surface area (Å²) in [6, 6.07) is 6.84. The molecule has 1 heterocycles. The summed E-state index contributed by atoms with van der Waals surface area (Å²) < 4.78 is 1.23. The van der Waals surface area contributed by atoms with Crippen molar-refractivity contribution in [2.75, 3.05) is 13.1 Å². The van der Waals surface area contributed by atoms with E-state index in [1.165, 1.54) is 15.6 Å². The molecule has 3 rings (SSSR count). The van der Waals surface area contributed by atoms with E-state index >= 15 is 0 Å². The highest BCUT2D eigenvalue weighted by molar-refractivity contribution is 9.10. The molecule has 0 saturated carbocycles. The molecule has 16 heavy (non-hydrogen) atoms. The fourth-order valence-corrected chi connectivity index (χ4v) is 3.00. The molecule has 0 radical (unpaired) electrons. The number of guanidine groups is 1. The zero-order valence-corrected chi connectivity index (χ0v) is 10.5. The van der Waals surface area contributed by atoms with Crippen molar-refractivity contribution in [3.05, 3.63) is 33.8 Å². The van der Waals surface area contributed by atoms with Crippen LogP contribution < -0.4 is 10.6 Å². The minimum atomic E-state index is 0.414. The molecule has 2 N–H and O–H groups in total. The van der Waals surface area contributed by atoms with Crippen molar-refractivity contribution < 1.29 is 0 Å². The third-order valence-electron chi connectivity index (χ3n) is 3.20. The minimum absolute atomic E-state index is 0.414. The normalized spacial score (nSPS) is 22.6. The van der Waals surface area contributed by atoms with Crippen molar-refractivity contribution >= 4 is 21.9 Å². The van der Waals surface area contributed by atoms with Crippen LogP contribution in [0.5, 0.6) is 0 Å². The molecule has 1 unspecified atom stereocenters. The predicted molar refractivity (Wildman–Crippen MR) is 68.6 cm³/mol. The third kappa shape index (κ3) is 1.71. The zero-order valence-electron chi connectivity index (χ0n) is 8.96. The first kappa shape index (κ1) is 10.1. The van der Waals surface area contributed by atoms with Gasteiger partial charge in [0.15, 0.2) is 5.96 Å². The Kier molecular flexibility index (Phi) is 2.59. The second-order valence-corrected chi connectivity index (χ2v) is 5.05. The van der Waals surface area contributed by atoms with Gasteiger partial charge in [0.25, 0.3) is 0 Å². The first-order valence-corrected chi connectivity index (χ1v) is 6.46. The van der Waals surface area contributed by atoms with Crippen molar-refractivity contribution in [3.8, 4) is 0 Å². The van der Waals surface area contributed by atoms with Gasteiger partial charge in [0.05, 0.1) is 12.6 Å². The Hall–Kier alpha value is -1.03. The summed E-state index contributed by atoms with van der Waals surface area (Å²) in [5.74, 6) is 0.956. The largest absolute Gasteiger partial charge is 0.355 e. The molecule has 3 nitrogen and oxygen atoms in total. The number of hydrogen-bond donors (Lipinski definition) is 2. The van der Waals surface area contributed by atoms with Crippen LogP contribution in [0.3, 0.4) is 0 Å². The molecule has 0 bridgehead atoms. The monoisotopic (exact) mass is 279 g/mol. The molecule has 1 aromatic rings. The van der Waals surface area contributed by atoms with Crippen LogP contribution >= 0.6 is 15.9 Å². The number of benzene rings is 1. The summed E-state index contributed by atoms with van der Waals surface area (Å²) in [6.07, 6.45) is 2.29. The highest BCUT2D eigenvalue weighted by atomic mass is 79.9. The topological polar surface area (TPSA) is 36.4 Å². The zero-order chi connectivity index (χ0) is 11.0. The second kappa shape index (κ2) is 4.09. The third-order valence-corrected chi connectivity index (χ3v) is 3.94. The summed E-state index contributed by atoms with van der Waals surface area (Å²) in [4.78, 5) is 4.38. The standard InChI is InChI=1S/C12H14BrN3/c13-10-3-1-2-9-8(10)4-5-11(9)16-12-14-6-7-15-12/h1-3,11H,4-7H2,(H2,14,15,16). The van der Waals surface area contributed by atoms with Gasteiger partial charge in [0.2, 0.25) is 0 Å². The van der Waals surface area contributed by atoms with Gasteiger partial charge in [-0.2, -0.15) is 0 Å². The van der Waals surface area contributed by atoms with Crippen LogP contribution in [-0.4, -0.2) is 19.0 Å². The van der Waals surface area contributed by atoms with Crippen LogP contribution in [0.15, 0.2) is 27.7 Å². The maximum atomic E-state index is 4.38. The molecule has 1 atom stereocenters. The molecule has 84 valence electrons. The number of rotatable bonds is 1. The maximum Gasteiger partial charge on any atom is 0.191 e. The second-order valence-electron chi connectivity index (χ2n) is 4.20. The molecule has 0 aromatic heterocycles. The molecule has 0 amide bonds. The van der Waals surface area contributed by atoms with Crippen molar-refractivity contribution in [1.29, 1.82) is 0 Å². The summed E-state index contributed by atoms with van der Waals surface area (Å²) >= 11 is 3.61. The minimum Gasteiger partial charge on any atom is -0.355 e. The van der Waals surface area contributed by atoms with Crippen molar-refractivity contribution in [2.24, 2.45) is 4.99 Å². The Morgan fingerprint density at radius 1 is 1.44 bits per heavy atom. The van der Waals surface area contributed by atoms with E-state index in [-0.39, 0.29) is 0 Å². The lowest BCUT2D eigenvalue weighted by molar-refractivity contribution is 0.631. The highest BCUT2D eigenvalue weighted by Crippen LogP contribution is 2.35. The van der Waals surface area contributed by atoms with Gasteiger partial charge in [0.1, 0.15) is 0 Å². The lowest BCUT2D eigenvalue weighted by Gasteiger charge is -2.15. The number of aliphatic imine (C=N–C) groups is 1. The Morgan fingerprint density at radius 2 is 2.38 bits per heavy atom. The lowest BCUT2D eigenvalue weighted by atomic mass is 10.1. The Bertz CT molecular complexity index is 442. The van der Waals surface area contributed by atoms with Gasteiger partial charge in [0, 0.05) is 11.0 Å². The maximum absolute atomic E-state index is 4.38. The smallest absolute Gasteiger partial charge is 0.191 e. The van der Waals surface area contributed by atoms with E-state index in [4.69, 9.17) is 0 Å². The van der Waals surface area contributed by atoms with Crippen LogP contribution in [0, 0.1) is 0 Å². The van der Waals surface area contributed by atoms with Gasteiger partial charge in [-0.05, 0) is 30.0 Å². The number of fused-ring (bicyclic) bond motifs is 1. The summed E-state index contributed by atoms with van der Waals surface area (Å²) in [6.45, 7) is 1.85. The van der Waals surface area contributed by atoms with E-state index in [1.807, 2.05) is 0 Å². The van der Waals surface area contributed by atoms with E-state index < -0.39 is 0 Å². The molecule has 0 saturated heterocycles. The molecule has 0 spiro atoms. The van der Waals surface area contributed by atoms with E-state index in [1.54, 1.807) is 0 Å². The molecule has 2 aliphatic rings. The predicted octanol–water partition coefficient (Wildman–Crippen LogP) is 1.99. The number of nitrogens with zero attached hydrogens (tertiary/aromatic N) is 1. The van der Waals surface area contributed by atoms with Crippen LogP contribution in [0.2, 0.25) is 0 Å². The number of nitrogens with one attached hydrogen (secondary N) is 2. The van der Waals surface area contributed by atoms with Gasteiger partial charge in [-0.15, -0.1) is 0 Å². The molecule has 4 heteroatoms. The fourth-order valence-electron chi connectivity index (χ4n) is 2.42. The fraction of sp³-hybridized carbons (Fsp3) is 0.417. The van der Waals surface area contributed by atoms with Gasteiger partial charge in [-0.3, -0.25) is 4.99 Å². The molecule has 1 aliphatic heterocycles. The molecular formula is C12H14BrN3. The Labute approximate surface area is 103 Å². The Balaban J connectivity index is 1.83. The van der Waals surface area contributed by atoms with E-state index in [0.717, 1.165) is 31.9 Å². The molecule has 0 fully saturated rings. The summed E-state index contributed by atoms with van der Waals surface area (Å²) in [7, 11) is 0. The average Bonchev–Trinajstić information content (AvgIpc) is 2.90. The van der Waals surface area contributed by atoms with Crippen LogP contribution in [0.1, 0.15) is 23.6 Å². The lowest BCUT2D eigenvalue weighted by Crippen LogP contribution is -2.35. The highest BCUT2D eigenvalue weighted by Gasteiger charge is 2.25. The summed E-state index contributed by atoms with van der Waals surface area (Å²) in [5, 5.41) is 6.74. The van der Waals surface area contributed by atoms with Gasteiger partial charge < -0.3 is 10.6 Å². The number of hydrogen-bond acceptors (Lipinski definition) is 3. The van der Waals surface area contributed by atoms with Crippen LogP contribution in [0.4, 0.5) is 0 Å². The molecule has 1 aromatic carbocycles. The van der Waals surface area contributed by atoms with Crippen molar-refractivity contribution in [2.45, 2.75) is 18.9 Å². The van der Waals surface area contributed by atoms with E-state index in [2.05, 4.69) is 49.8 Å². The molecule has 1 aliphatic carbocycles. The van der Waals surface area contributed by atoms with Gasteiger partial charge in [-0.25, -0.2) is 0 Å². The average molecular weight is 280 g/mol. The van der Waals surface area contributed by atoms with Crippen molar-refractivity contribution in [3.63, 3.8) is 0 Å². The van der Waals surface area contributed by atoms with E-state index in [0.29, 0.717) is 6.04 Å². The Morgan fingerprint density at radius 3 is 3.19 bits per heavy atom.